The maximum atomic E-state index is 9.16. The van der Waals surface area contributed by atoms with E-state index in [1.165, 1.54) is 4.80 Å². The zero-order chi connectivity index (χ0) is 10.1. The fraction of sp³-hybridized carbons (Fsp3) is 0.333. The quantitative estimate of drug-likeness (QED) is 0.819. The van der Waals surface area contributed by atoms with Gasteiger partial charge in [-0.25, -0.2) is 0 Å². The molecule has 4 nitrogen and oxygen atoms in total. The molecule has 1 N–H and O–H groups in total. The van der Waals surface area contributed by atoms with Gasteiger partial charge < -0.3 is 5.11 Å². The lowest BCUT2D eigenvalue weighted by Gasteiger charge is -2.00. The van der Waals surface area contributed by atoms with Crippen molar-refractivity contribution in [1.82, 2.24) is 15.0 Å². The van der Waals surface area contributed by atoms with Crippen LogP contribution in [0.5, 0.6) is 0 Å². The molecule has 5 heteroatoms. The molecule has 74 valence electrons. The Bertz CT molecular complexity index is 452. The van der Waals surface area contributed by atoms with Crippen LogP contribution in [-0.2, 0) is 6.54 Å². The molecular weight excluding hydrogens is 202 g/mol. The van der Waals surface area contributed by atoms with Gasteiger partial charge in [-0.3, -0.25) is 0 Å². The number of hydrogen-bond donors (Lipinski definition) is 1. The summed E-state index contributed by atoms with van der Waals surface area (Å²) in [6.07, 6.45) is -0.452. The number of aromatic nitrogens is 3. The van der Waals surface area contributed by atoms with E-state index in [9.17, 15) is 0 Å². The third-order valence-corrected chi connectivity index (χ3v) is 2.05. The van der Waals surface area contributed by atoms with Gasteiger partial charge in [0.1, 0.15) is 11.0 Å². The Kier molecular flexibility index (Phi) is 2.39. The van der Waals surface area contributed by atoms with Crippen molar-refractivity contribution in [2.45, 2.75) is 19.6 Å². The molecule has 0 aliphatic heterocycles. The standard InChI is InChI=1S/C9H10ClN3O/c1-6(14)5-13-11-8-3-2-7(10)4-9(8)12-13/h2-4,6,14H,5H2,1H3. The lowest BCUT2D eigenvalue weighted by atomic mass is 10.3. The summed E-state index contributed by atoms with van der Waals surface area (Å²) >= 11 is 5.81. The van der Waals surface area contributed by atoms with Gasteiger partial charge in [-0.2, -0.15) is 15.0 Å². The maximum Gasteiger partial charge on any atom is 0.114 e. The highest BCUT2D eigenvalue weighted by atomic mass is 35.5. The Labute approximate surface area is 86.1 Å². The zero-order valence-corrected chi connectivity index (χ0v) is 8.44. The summed E-state index contributed by atoms with van der Waals surface area (Å²) in [6, 6.07) is 5.33. The molecule has 0 amide bonds. The summed E-state index contributed by atoms with van der Waals surface area (Å²) in [5.74, 6) is 0. The molecule has 0 aliphatic carbocycles. The van der Waals surface area contributed by atoms with Crippen molar-refractivity contribution in [3.63, 3.8) is 0 Å². The fourth-order valence-corrected chi connectivity index (χ4v) is 1.42. The molecule has 1 aromatic carbocycles. The summed E-state index contributed by atoms with van der Waals surface area (Å²) in [6.45, 7) is 2.09. The summed E-state index contributed by atoms with van der Waals surface area (Å²) in [5.41, 5.74) is 1.54. The highest BCUT2D eigenvalue weighted by Gasteiger charge is 2.04. The van der Waals surface area contributed by atoms with Crippen LogP contribution in [0.2, 0.25) is 5.02 Å². The molecule has 2 rings (SSSR count). The van der Waals surface area contributed by atoms with Gasteiger partial charge >= 0.3 is 0 Å². The first-order valence-corrected chi connectivity index (χ1v) is 4.71. The van der Waals surface area contributed by atoms with E-state index in [4.69, 9.17) is 16.7 Å². The van der Waals surface area contributed by atoms with Crippen molar-refractivity contribution in [3.8, 4) is 0 Å². The Morgan fingerprint density at radius 1 is 1.43 bits per heavy atom. The lowest BCUT2D eigenvalue weighted by molar-refractivity contribution is 0.162. The van der Waals surface area contributed by atoms with E-state index in [1.807, 2.05) is 6.07 Å². The van der Waals surface area contributed by atoms with E-state index in [1.54, 1.807) is 19.1 Å². The van der Waals surface area contributed by atoms with Gasteiger partial charge in [-0.05, 0) is 25.1 Å². The molecule has 0 aliphatic rings. The fourth-order valence-electron chi connectivity index (χ4n) is 1.25. The van der Waals surface area contributed by atoms with Gasteiger partial charge in [-0.1, -0.05) is 11.6 Å². The molecule has 0 saturated heterocycles. The predicted molar refractivity (Wildman–Crippen MR) is 54.2 cm³/mol. The van der Waals surface area contributed by atoms with Crippen LogP contribution in [-0.4, -0.2) is 26.2 Å². The number of halogens is 1. The van der Waals surface area contributed by atoms with Crippen LogP contribution in [0.3, 0.4) is 0 Å². The van der Waals surface area contributed by atoms with Crippen LogP contribution < -0.4 is 0 Å². The average Bonchev–Trinajstić information content (AvgIpc) is 2.44. The molecule has 0 bridgehead atoms. The number of fused-ring (bicyclic) bond motifs is 1. The lowest BCUT2D eigenvalue weighted by Crippen LogP contribution is -2.13. The first-order chi connectivity index (χ1) is 6.65. The van der Waals surface area contributed by atoms with Crippen molar-refractivity contribution in [2.75, 3.05) is 0 Å². The SMILES string of the molecule is CC(O)Cn1nc2ccc(Cl)cc2n1. The molecule has 2 aromatic rings. The number of aliphatic hydroxyl groups is 1. The Hall–Kier alpha value is -1.13. The second-order valence-electron chi connectivity index (χ2n) is 3.24. The molecule has 0 saturated carbocycles. The van der Waals surface area contributed by atoms with Crippen molar-refractivity contribution in [3.05, 3.63) is 23.2 Å². The van der Waals surface area contributed by atoms with E-state index < -0.39 is 6.10 Å². The number of hydrogen-bond acceptors (Lipinski definition) is 3. The van der Waals surface area contributed by atoms with Gasteiger partial charge in [0.2, 0.25) is 0 Å². The minimum atomic E-state index is -0.452. The summed E-state index contributed by atoms with van der Waals surface area (Å²) < 4.78 is 0. The third kappa shape index (κ3) is 1.86. The van der Waals surface area contributed by atoms with Crippen molar-refractivity contribution < 1.29 is 5.11 Å². The topological polar surface area (TPSA) is 50.9 Å². The highest BCUT2D eigenvalue weighted by molar-refractivity contribution is 6.31. The summed E-state index contributed by atoms with van der Waals surface area (Å²) in [4.78, 5) is 1.48. The Balaban J connectivity index is 2.41. The molecule has 0 radical (unpaired) electrons. The third-order valence-electron chi connectivity index (χ3n) is 1.81. The molecular formula is C9H10ClN3O. The number of aliphatic hydroxyl groups excluding tert-OH is 1. The van der Waals surface area contributed by atoms with Crippen LogP contribution in [0.25, 0.3) is 11.0 Å². The normalized spacial score (nSPS) is 13.4. The number of benzene rings is 1. The monoisotopic (exact) mass is 211 g/mol. The molecule has 14 heavy (non-hydrogen) atoms. The van der Waals surface area contributed by atoms with E-state index in [-0.39, 0.29) is 0 Å². The van der Waals surface area contributed by atoms with Gasteiger partial charge in [0, 0.05) is 5.02 Å². The first kappa shape index (κ1) is 9.43. The summed E-state index contributed by atoms with van der Waals surface area (Å²) in [5, 5.41) is 18.2. The molecule has 1 heterocycles. The van der Waals surface area contributed by atoms with Crippen molar-refractivity contribution >= 4 is 22.6 Å². The van der Waals surface area contributed by atoms with Crippen LogP contribution in [0, 0.1) is 0 Å². The van der Waals surface area contributed by atoms with Crippen LogP contribution in [0.4, 0.5) is 0 Å². The second kappa shape index (κ2) is 3.55. The van der Waals surface area contributed by atoms with Crippen molar-refractivity contribution in [1.29, 1.82) is 0 Å². The molecule has 1 unspecified atom stereocenters. The van der Waals surface area contributed by atoms with Crippen LogP contribution in [0.15, 0.2) is 18.2 Å². The predicted octanol–water partition coefficient (Wildman–Crippen LogP) is 1.47. The van der Waals surface area contributed by atoms with Gasteiger partial charge in [-0.15, -0.1) is 0 Å². The van der Waals surface area contributed by atoms with Gasteiger partial charge in [0.25, 0.3) is 0 Å². The van der Waals surface area contributed by atoms with Gasteiger partial charge in [0.05, 0.1) is 12.6 Å². The minimum Gasteiger partial charge on any atom is -0.391 e. The second-order valence-corrected chi connectivity index (χ2v) is 3.67. The van der Waals surface area contributed by atoms with E-state index >= 15 is 0 Å². The van der Waals surface area contributed by atoms with Crippen molar-refractivity contribution in [2.24, 2.45) is 0 Å². The zero-order valence-electron chi connectivity index (χ0n) is 7.68. The molecule has 0 fully saturated rings. The van der Waals surface area contributed by atoms with Gasteiger partial charge in [0.15, 0.2) is 0 Å². The average molecular weight is 212 g/mol. The van der Waals surface area contributed by atoms with E-state index in [0.29, 0.717) is 11.6 Å². The first-order valence-electron chi connectivity index (χ1n) is 4.33. The van der Waals surface area contributed by atoms with Crippen LogP contribution in [0.1, 0.15) is 6.92 Å². The van der Waals surface area contributed by atoms with E-state index in [0.717, 1.165) is 11.0 Å². The maximum absolute atomic E-state index is 9.16. The molecule has 1 atom stereocenters. The van der Waals surface area contributed by atoms with E-state index in [2.05, 4.69) is 10.2 Å². The molecule has 1 aromatic heterocycles. The highest BCUT2D eigenvalue weighted by Crippen LogP contribution is 2.15. The number of nitrogens with zero attached hydrogens (tertiary/aromatic N) is 3. The number of rotatable bonds is 2. The molecule has 0 spiro atoms. The van der Waals surface area contributed by atoms with Crippen LogP contribution >= 0.6 is 11.6 Å². The largest absolute Gasteiger partial charge is 0.391 e. The Morgan fingerprint density at radius 3 is 2.86 bits per heavy atom. The Morgan fingerprint density at radius 2 is 2.14 bits per heavy atom. The summed E-state index contributed by atoms with van der Waals surface area (Å²) in [7, 11) is 0. The minimum absolute atomic E-state index is 0.395. The smallest absolute Gasteiger partial charge is 0.114 e.